The minimum atomic E-state index is 1.17. The van der Waals surface area contributed by atoms with Gasteiger partial charge in [-0.15, -0.1) is 22.7 Å². The van der Waals surface area contributed by atoms with Gasteiger partial charge in [0.05, 0.1) is 40.9 Å². The van der Waals surface area contributed by atoms with Crippen molar-refractivity contribution in [2.45, 2.75) is 0 Å². The van der Waals surface area contributed by atoms with Gasteiger partial charge in [-0.25, -0.2) is 0 Å². The molecule has 0 aliphatic heterocycles. The normalized spacial score (nSPS) is 11.5. The van der Waals surface area contributed by atoms with Crippen LogP contribution in [0.1, 0.15) is 0 Å². The van der Waals surface area contributed by atoms with Crippen LogP contribution in [0.2, 0.25) is 0 Å². The molecule has 0 bridgehead atoms. The summed E-state index contributed by atoms with van der Waals surface area (Å²) in [5, 5.41) is 0. The first-order valence-corrected chi connectivity index (χ1v) is 12.9. The zero-order chi connectivity index (χ0) is 22.5. The summed E-state index contributed by atoms with van der Waals surface area (Å²) in [7, 11) is 0. The van der Waals surface area contributed by atoms with Gasteiger partial charge in [-0.1, -0.05) is 60.7 Å². The van der Waals surface area contributed by atoms with Crippen LogP contribution in [0.4, 0.5) is 0 Å². The third kappa shape index (κ3) is 3.00. The molecule has 0 radical (unpaired) electrons. The quantitative estimate of drug-likeness (QED) is 0.175. The summed E-state index contributed by atoms with van der Waals surface area (Å²) < 4.78 is 9.94. The van der Waals surface area contributed by atoms with Gasteiger partial charge >= 0.3 is 0 Å². The van der Waals surface area contributed by atoms with Gasteiger partial charge in [-0.3, -0.25) is 0 Å². The molecule has 2 heterocycles. The molecule has 2 nitrogen and oxygen atoms in total. The van der Waals surface area contributed by atoms with Crippen LogP contribution in [0.25, 0.3) is 52.2 Å². The lowest BCUT2D eigenvalue weighted by atomic mass is 10.2. The van der Waals surface area contributed by atoms with Gasteiger partial charge in [0.15, 0.2) is 0 Å². The van der Waals surface area contributed by atoms with Crippen LogP contribution in [0, 0.1) is 0 Å². The fraction of sp³-hybridized carbons (Fsp3) is 0. The van der Waals surface area contributed by atoms with E-state index >= 15 is 0 Å². The van der Waals surface area contributed by atoms with Gasteiger partial charge in [0, 0.05) is 11.4 Å². The maximum absolute atomic E-state index is 2.43. The molecular weight excluding hydrogens is 452 g/mol. The highest BCUT2D eigenvalue weighted by molar-refractivity contribution is 7.27. The first kappa shape index (κ1) is 19.6. The third-order valence-electron chi connectivity index (χ3n) is 6.21. The lowest BCUT2D eigenvalue weighted by Crippen LogP contribution is -2.02. The summed E-state index contributed by atoms with van der Waals surface area (Å²) in [6.45, 7) is 0. The first-order chi connectivity index (χ1) is 16.9. The van der Waals surface area contributed by atoms with E-state index in [4.69, 9.17) is 0 Å². The van der Waals surface area contributed by atoms with Crippen molar-refractivity contribution in [3.05, 3.63) is 121 Å². The summed E-state index contributed by atoms with van der Waals surface area (Å²) in [4.78, 5) is 0. The highest BCUT2D eigenvalue weighted by Crippen LogP contribution is 2.40. The van der Waals surface area contributed by atoms with Crippen LogP contribution in [0.3, 0.4) is 0 Å². The van der Waals surface area contributed by atoms with Gasteiger partial charge in [-0.2, -0.15) is 0 Å². The summed E-state index contributed by atoms with van der Waals surface area (Å²) >= 11 is 3.73. The molecule has 0 saturated heterocycles. The summed E-state index contributed by atoms with van der Waals surface area (Å²) in [6, 6.07) is 43.4. The van der Waals surface area contributed by atoms with E-state index in [-0.39, 0.29) is 0 Å². The van der Waals surface area contributed by atoms with E-state index in [0.29, 0.717) is 0 Å². The Labute approximate surface area is 204 Å². The molecular formula is C30H20N2S2. The third-order valence-corrected chi connectivity index (χ3v) is 8.50. The van der Waals surface area contributed by atoms with Gasteiger partial charge in [0.25, 0.3) is 0 Å². The van der Waals surface area contributed by atoms with E-state index in [0.717, 1.165) is 0 Å². The largest absolute Gasteiger partial charge is 0.308 e. The number of benzene rings is 5. The smallest absolute Gasteiger partial charge is 0.0829 e. The van der Waals surface area contributed by atoms with Crippen molar-refractivity contribution in [3.8, 4) is 11.4 Å². The lowest BCUT2D eigenvalue weighted by molar-refractivity contribution is 1.16. The number of nitrogens with zero attached hydrogens (tertiary/aromatic N) is 2. The number of fused-ring (bicyclic) bond motifs is 5. The van der Waals surface area contributed by atoms with Crippen molar-refractivity contribution < 1.29 is 0 Å². The van der Waals surface area contributed by atoms with Crippen molar-refractivity contribution in [3.63, 3.8) is 0 Å². The van der Waals surface area contributed by atoms with Gasteiger partial charge < -0.3 is 9.13 Å². The fourth-order valence-corrected chi connectivity index (χ4v) is 7.08. The average molecular weight is 473 g/mol. The molecule has 0 saturated carbocycles. The minimum Gasteiger partial charge on any atom is -0.308 e. The van der Waals surface area contributed by atoms with E-state index in [1.807, 2.05) is 22.7 Å². The molecule has 0 aliphatic carbocycles. The number of rotatable bonds is 2. The number of hydrogen-bond acceptors (Lipinski definition) is 2. The second-order valence-corrected chi connectivity index (χ2v) is 10.4. The molecule has 7 aromatic rings. The number of para-hydroxylation sites is 4. The average Bonchev–Trinajstić information content (AvgIpc) is 2.91. The maximum atomic E-state index is 2.43. The first-order valence-electron chi connectivity index (χ1n) is 11.3. The van der Waals surface area contributed by atoms with Crippen LogP contribution in [-0.2, 0) is 0 Å². The molecule has 0 N–H and O–H groups in total. The van der Waals surface area contributed by atoms with Crippen molar-refractivity contribution in [1.82, 2.24) is 9.13 Å². The Balaban J connectivity index is 1.75. The highest BCUT2D eigenvalue weighted by atomic mass is 32.1. The zero-order valence-corrected chi connectivity index (χ0v) is 19.9. The highest BCUT2D eigenvalue weighted by Gasteiger charge is 2.16. The Bertz CT molecular complexity index is 1850. The molecule has 7 rings (SSSR count). The molecule has 0 unspecified atom stereocenters. The molecule has 5 aromatic carbocycles. The summed E-state index contributed by atoms with van der Waals surface area (Å²) in [6.07, 6.45) is 0. The second kappa shape index (κ2) is 7.87. The molecule has 4 heteroatoms. The molecule has 0 atom stereocenters. The molecule has 2 aromatic heterocycles. The molecule has 0 spiro atoms. The summed E-state index contributed by atoms with van der Waals surface area (Å²) in [5.74, 6) is 0. The van der Waals surface area contributed by atoms with Crippen LogP contribution < -0.4 is 0 Å². The van der Waals surface area contributed by atoms with Gasteiger partial charge in [0.2, 0.25) is 0 Å². The number of aromatic nitrogens is 2. The SMILES string of the molecule is c1ccc(-n2c3ccccc3sc3c2ccc2sc4ccccc4n(-c4ccccc4)c23)cc1. The van der Waals surface area contributed by atoms with Crippen molar-refractivity contribution in [1.29, 1.82) is 0 Å². The predicted octanol–water partition coefficient (Wildman–Crippen LogP) is 9.13. The molecule has 0 fully saturated rings. The molecule has 34 heavy (non-hydrogen) atoms. The topological polar surface area (TPSA) is 9.86 Å². The fourth-order valence-electron chi connectivity index (χ4n) is 4.75. The van der Waals surface area contributed by atoms with E-state index in [2.05, 4.69) is 130 Å². The molecule has 162 valence electrons. The maximum Gasteiger partial charge on any atom is 0.0829 e. The second-order valence-electron chi connectivity index (χ2n) is 8.24. The van der Waals surface area contributed by atoms with Crippen molar-refractivity contribution >= 4 is 63.5 Å². The minimum absolute atomic E-state index is 1.17. The zero-order valence-electron chi connectivity index (χ0n) is 18.3. The Morgan fingerprint density at radius 2 is 0.912 bits per heavy atom. The Morgan fingerprint density at radius 1 is 0.382 bits per heavy atom. The van der Waals surface area contributed by atoms with Crippen LogP contribution >= 0.6 is 22.7 Å². The van der Waals surface area contributed by atoms with Gasteiger partial charge in [0.1, 0.15) is 0 Å². The Morgan fingerprint density at radius 3 is 1.59 bits per heavy atom. The predicted molar refractivity (Wildman–Crippen MR) is 149 cm³/mol. The van der Waals surface area contributed by atoms with Gasteiger partial charge in [-0.05, 0) is 60.7 Å². The standard InChI is InChI=1S/C30H20N2S2/c1-3-11-21(12-4-1)31-23-15-7-10-18-27(23)34-30-25(31)19-20-28-29(30)32(22-13-5-2-6-14-22)24-16-8-9-17-26(24)33-28/h1-20H. The van der Waals surface area contributed by atoms with E-state index in [1.54, 1.807) is 0 Å². The van der Waals surface area contributed by atoms with Crippen LogP contribution in [-0.4, -0.2) is 9.13 Å². The Hall–Kier alpha value is -3.86. The number of hydrogen-bond donors (Lipinski definition) is 0. The van der Waals surface area contributed by atoms with Crippen LogP contribution in [0.15, 0.2) is 121 Å². The van der Waals surface area contributed by atoms with E-state index < -0.39 is 0 Å². The monoisotopic (exact) mass is 472 g/mol. The summed E-state index contributed by atoms with van der Waals surface area (Å²) in [5.41, 5.74) is 7.27. The van der Waals surface area contributed by atoms with E-state index in [1.165, 1.54) is 52.2 Å². The van der Waals surface area contributed by atoms with Crippen molar-refractivity contribution in [2.75, 3.05) is 0 Å². The molecule has 0 aliphatic rings. The Kier molecular flexibility index (Phi) is 4.54. The van der Waals surface area contributed by atoms with Crippen molar-refractivity contribution in [2.24, 2.45) is 0 Å². The molecule has 0 amide bonds. The lowest BCUT2D eigenvalue weighted by Gasteiger charge is -2.20. The van der Waals surface area contributed by atoms with Crippen LogP contribution in [0.5, 0.6) is 0 Å². The van der Waals surface area contributed by atoms with E-state index in [9.17, 15) is 0 Å².